The molecule has 1 unspecified atom stereocenters. The van der Waals surface area contributed by atoms with Crippen molar-refractivity contribution < 1.29 is 4.79 Å². The Morgan fingerprint density at radius 3 is 2.67 bits per heavy atom. The third kappa shape index (κ3) is 4.31. The summed E-state index contributed by atoms with van der Waals surface area (Å²) >= 11 is 0. The molecule has 2 N–H and O–H groups in total. The lowest BCUT2D eigenvalue weighted by Gasteiger charge is -2.23. The maximum Gasteiger partial charge on any atom is 0.223 e. The maximum absolute atomic E-state index is 12.6. The summed E-state index contributed by atoms with van der Waals surface area (Å²) in [6, 6.07) is 10.2. The molecule has 4 rings (SSSR count). The summed E-state index contributed by atoms with van der Waals surface area (Å²) in [5, 5.41) is 7.69. The van der Waals surface area contributed by atoms with Crippen LogP contribution in [0.3, 0.4) is 0 Å². The summed E-state index contributed by atoms with van der Waals surface area (Å²) in [4.78, 5) is 19.3. The largest absolute Gasteiger partial charge is 0.363 e. The zero-order valence-corrected chi connectivity index (χ0v) is 17.5. The van der Waals surface area contributed by atoms with Gasteiger partial charge in [-0.3, -0.25) is 4.79 Å². The maximum atomic E-state index is 12.6. The van der Waals surface area contributed by atoms with E-state index in [4.69, 9.17) is 0 Å². The molecule has 148 valence electrons. The second-order valence-corrected chi connectivity index (χ2v) is 7.64. The highest BCUT2D eigenvalue weighted by molar-refractivity contribution is 5.86. The van der Waals surface area contributed by atoms with Crippen LogP contribution in [0, 0.1) is 11.3 Å². The van der Waals surface area contributed by atoms with Crippen LogP contribution < -0.4 is 15.5 Å². The number of para-hydroxylation sites is 1. The van der Waals surface area contributed by atoms with Gasteiger partial charge in [-0.25, -0.2) is 4.98 Å². The average molecular weight is 411 g/mol. The van der Waals surface area contributed by atoms with Crippen molar-refractivity contribution in [1.82, 2.24) is 15.6 Å². The molecule has 0 radical (unpaired) electrons. The highest BCUT2D eigenvalue weighted by atomic mass is 35.5. The van der Waals surface area contributed by atoms with Crippen LogP contribution in [0.1, 0.15) is 24.8 Å². The predicted molar refractivity (Wildman–Crippen MR) is 115 cm³/mol. The number of halogens is 2. The number of nitrogens with zero attached hydrogens (tertiary/aromatic N) is 2. The topological polar surface area (TPSA) is 57.3 Å². The molecular formula is C20H28Cl2N4O. The highest BCUT2D eigenvalue weighted by Gasteiger charge is 2.57. The van der Waals surface area contributed by atoms with E-state index in [0.29, 0.717) is 6.54 Å². The quantitative estimate of drug-likeness (QED) is 0.812. The number of fused-ring (bicyclic) bond motifs is 1. The Balaban J connectivity index is 0.00000131. The zero-order chi connectivity index (χ0) is 17.4. The van der Waals surface area contributed by atoms with E-state index in [-0.39, 0.29) is 42.1 Å². The number of rotatable bonds is 4. The van der Waals surface area contributed by atoms with Gasteiger partial charge in [-0.2, -0.15) is 0 Å². The van der Waals surface area contributed by atoms with Crippen molar-refractivity contribution in [3.8, 4) is 0 Å². The number of nitrogens with one attached hydrogen (secondary N) is 2. The van der Waals surface area contributed by atoms with Gasteiger partial charge in [0, 0.05) is 31.9 Å². The third-order valence-electron chi connectivity index (χ3n) is 5.81. The number of carbonyl (C=O) groups is 1. The van der Waals surface area contributed by atoms with Crippen molar-refractivity contribution in [2.45, 2.75) is 25.8 Å². The minimum absolute atomic E-state index is 0. The Kier molecular flexibility index (Phi) is 6.95. The van der Waals surface area contributed by atoms with Crippen LogP contribution in [0.25, 0.3) is 10.9 Å². The van der Waals surface area contributed by atoms with Gasteiger partial charge in [-0.15, -0.1) is 24.8 Å². The van der Waals surface area contributed by atoms with Crippen molar-refractivity contribution in [2.24, 2.45) is 11.3 Å². The van der Waals surface area contributed by atoms with Crippen molar-refractivity contribution in [3.05, 3.63) is 35.9 Å². The summed E-state index contributed by atoms with van der Waals surface area (Å²) in [6.07, 6.45) is 3.32. The Bertz CT molecular complexity index is 806. The summed E-state index contributed by atoms with van der Waals surface area (Å²) in [6.45, 7) is 2.66. The monoisotopic (exact) mass is 410 g/mol. The van der Waals surface area contributed by atoms with Gasteiger partial charge >= 0.3 is 0 Å². The minimum Gasteiger partial charge on any atom is -0.363 e. The van der Waals surface area contributed by atoms with E-state index >= 15 is 0 Å². The standard InChI is InChI=1S/C20H26N4O.2ClH/c1-24(2)18-11-14(15-5-3-4-6-17(15)23-18)13-22-19(25)16-12-20(16)7-9-21-10-8-20;;/h3-6,11,16,21H,7-10,12-13H2,1-2H3,(H,22,25);2*1H. The first-order valence-electron chi connectivity index (χ1n) is 9.13. The summed E-state index contributed by atoms with van der Waals surface area (Å²) in [7, 11) is 3.98. The lowest BCUT2D eigenvalue weighted by atomic mass is 9.92. The van der Waals surface area contributed by atoms with E-state index in [0.717, 1.165) is 54.6 Å². The number of aromatic nitrogens is 1. The molecular weight excluding hydrogens is 383 g/mol. The minimum atomic E-state index is 0. The summed E-state index contributed by atoms with van der Waals surface area (Å²) in [5.41, 5.74) is 2.38. The van der Waals surface area contributed by atoms with Crippen molar-refractivity contribution in [2.75, 3.05) is 32.1 Å². The zero-order valence-electron chi connectivity index (χ0n) is 15.8. The van der Waals surface area contributed by atoms with Gasteiger partial charge in [0.1, 0.15) is 5.82 Å². The van der Waals surface area contributed by atoms with Gasteiger partial charge in [0.2, 0.25) is 5.91 Å². The molecule has 1 amide bonds. The van der Waals surface area contributed by atoms with Gasteiger partial charge in [0.05, 0.1) is 5.52 Å². The van der Waals surface area contributed by atoms with Gasteiger partial charge in [-0.1, -0.05) is 18.2 Å². The van der Waals surface area contributed by atoms with E-state index in [9.17, 15) is 4.79 Å². The number of hydrogen-bond acceptors (Lipinski definition) is 4. The first-order chi connectivity index (χ1) is 12.1. The fraction of sp³-hybridized carbons (Fsp3) is 0.500. The fourth-order valence-corrected chi connectivity index (χ4v) is 4.11. The highest BCUT2D eigenvalue weighted by Crippen LogP contribution is 2.58. The molecule has 7 heteroatoms. The molecule has 1 aliphatic carbocycles. The number of benzene rings is 1. The first kappa shape index (κ1) is 21.7. The van der Waals surface area contributed by atoms with Crippen molar-refractivity contribution in [1.29, 1.82) is 0 Å². The van der Waals surface area contributed by atoms with Crippen LogP contribution >= 0.6 is 24.8 Å². The Morgan fingerprint density at radius 1 is 1.26 bits per heavy atom. The Morgan fingerprint density at radius 2 is 1.96 bits per heavy atom. The Hall–Kier alpha value is -1.56. The molecule has 1 atom stereocenters. The summed E-state index contributed by atoms with van der Waals surface area (Å²) < 4.78 is 0. The van der Waals surface area contributed by atoms with E-state index < -0.39 is 0 Å². The van der Waals surface area contributed by atoms with E-state index in [2.05, 4.69) is 27.8 Å². The van der Waals surface area contributed by atoms with Gasteiger partial charge in [0.15, 0.2) is 0 Å². The number of anilines is 1. The molecule has 1 saturated heterocycles. The molecule has 5 nitrogen and oxygen atoms in total. The molecule has 2 aromatic rings. The molecule has 0 bridgehead atoms. The molecule has 2 fully saturated rings. The number of hydrogen-bond donors (Lipinski definition) is 2. The van der Waals surface area contributed by atoms with E-state index in [1.165, 1.54) is 0 Å². The normalized spacial score (nSPS) is 19.7. The van der Waals surface area contributed by atoms with Crippen LogP contribution in [-0.4, -0.2) is 38.1 Å². The molecule has 1 saturated carbocycles. The van der Waals surface area contributed by atoms with Crippen LogP contribution in [-0.2, 0) is 11.3 Å². The number of carbonyl (C=O) groups excluding carboxylic acids is 1. The molecule has 1 aromatic heterocycles. The van der Waals surface area contributed by atoms with Gasteiger partial charge in [0.25, 0.3) is 0 Å². The fourth-order valence-electron chi connectivity index (χ4n) is 4.11. The lowest BCUT2D eigenvalue weighted by Crippen LogP contribution is -2.33. The van der Waals surface area contributed by atoms with Crippen molar-refractivity contribution >= 4 is 47.4 Å². The Labute approximate surface area is 173 Å². The molecule has 1 aromatic carbocycles. The van der Waals surface area contributed by atoms with Gasteiger partial charge < -0.3 is 15.5 Å². The van der Waals surface area contributed by atoms with Crippen molar-refractivity contribution in [3.63, 3.8) is 0 Å². The number of piperidine rings is 1. The second-order valence-electron chi connectivity index (χ2n) is 7.64. The summed E-state index contributed by atoms with van der Waals surface area (Å²) in [5.74, 6) is 1.34. The van der Waals surface area contributed by atoms with Crippen LogP contribution in [0.5, 0.6) is 0 Å². The van der Waals surface area contributed by atoms with Crippen LogP contribution in [0.4, 0.5) is 5.82 Å². The third-order valence-corrected chi connectivity index (χ3v) is 5.81. The molecule has 1 aliphatic heterocycles. The number of amides is 1. The molecule has 1 spiro atoms. The number of pyridine rings is 1. The van der Waals surface area contributed by atoms with E-state index in [1.54, 1.807) is 0 Å². The SMILES string of the molecule is CN(C)c1cc(CNC(=O)C2CC23CCNCC3)c2ccccc2n1.Cl.Cl. The molecule has 2 aliphatic rings. The van der Waals surface area contributed by atoms with E-state index in [1.807, 2.05) is 37.2 Å². The predicted octanol–water partition coefficient (Wildman–Crippen LogP) is 3.15. The second kappa shape index (κ2) is 8.63. The van der Waals surface area contributed by atoms with Gasteiger partial charge in [-0.05, 0) is 55.5 Å². The molecule has 2 heterocycles. The smallest absolute Gasteiger partial charge is 0.223 e. The molecule has 27 heavy (non-hydrogen) atoms. The van der Waals surface area contributed by atoms with Crippen LogP contribution in [0.15, 0.2) is 30.3 Å². The van der Waals surface area contributed by atoms with Crippen LogP contribution in [0.2, 0.25) is 0 Å². The average Bonchev–Trinajstić information content (AvgIpc) is 3.32. The first-order valence-corrected chi connectivity index (χ1v) is 9.13. The lowest BCUT2D eigenvalue weighted by molar-refractivity contribution is -0.123.